The molecular formula is C15H33N3. The Balaban J connectivity index is 2.25. The number of likely N-dealkylation sites (tertiary alicyclic amines) is 1. The summed E-state index contributed by atoms with van der Waals surface area (Å²) in [5, 5.41) is 3.78. The van der Waals surface area contributed by atoms with Gasteiger partial charge in [-0.3, -0.25) is 0 Å². The van der Waals surface area contributed by atoms with Crippen molar-refractivity contribution < 1.29 is 0 Å². The van der Waals surface area contributed by atoms with Crippen LogP contribution in [-0.2, 0) is 0 Å². The first kappa shape index (κ1) is 15.9. The van der Waals surface area contributed by atoms with Gasteiger partial charge in [-0.05, 0) is 45.8 Å². The van der Waals surface area contributed by atoms with Crippen LogP contribution in [0.2, 0.25) is 0 Å². The van der Waals surface area contributed by atoms with E-state index in [1.807, 2.05) is 0 Å². The Hall–Kier alpha value is -0.120. The maximum Gasteiger partial charge on any atom is 0.0120 e. The molecule has 3 unspecified atom stereocenters. The van der Waals surface area contributed by atoms with Crippen molar-refractivity contribution in [1.29, 1.82) is 0 Å². The highest BCUT2D eigenvalue weighted by Gasteiger charge is 2.28. The summed E-state index contributed by atoms with van der Waals surface area (Å²) < 4.78 is 0. The van der Waals surface area contributed by atoms with Gasteiger partial charge in [0.2, 0.25) is 0 Å². The summed E-state index contributed by atoms with van der Waals surface area (Å²) in [6.07, 6.45) is 2.55. The smallest absolute Gasteiger partial charge is 0.0120 e. The summed E-state index contributed by atoms with van der Waals surface area (Å²) in [6, 6.07) is 1.42. The van der Waals surface area contributed by atoms with Crippen molar-refractivity contribution in [2.45, 2.75) is 52.6 Å². The zero-order valence-corrected chi connectivity index (χ0v) is 13.1. The van der Waals surface area contributed by atoms with Crippen LogP contribution in [0.5, 0.6) is 0 Å². The Kier molecular flexibility index (Phi) is 7.20. The first-order valence-electron chi connectivity index (χ1n) is 7.74. The zero-order chi connectivity index (χ0) is 13.5. The van der Waals surface area contributed by atoms with E-state index in [0.29, 0.717) is 6.04 Å². The largest absolute Gasteiger partial charge is 0.312 e. The summed E-state index contributed by atoms with van der Waals surface area (Å²) in [5.74, 6) is 0.771. The first-order chi connectivity index (χ1) is 8.58. The summed E-state index contributed by atoms with van der Waals surface area (Å²) in [7, 11) is 2.25. The van der Waals surface area contributed by atoms with Gasteiger partial charge in [0.1, 0.15) is 0 Å². The van der Waals surface area contributed by atoms with Gasteiger partial charge in [0.15, 0.2) is 0 Å². The quantitative estimate of drug-likeness (QED) is 0.751. The average molecular weight is 255 g/mol. The molecule has 1 N–H and O–H groups in total. The Bertz CT molecular complexity index is 220. The maximum atomic E-state index is 3.78. The second-order valence-electron chi connectivity index (χ2n) is 6.00. The Morgan fingerprint density at radius 1 is 1.22 bits per heavy atom. The van der Waals surface area contributed by atoms with Crippen LogP contribution in [0.25, 0.3) is 0 Å². The number of nitrogens with zero attached hydrogens (tertiary/aromatic N) is 2. The third-order valence-electron chi connectivity index (χ3n) is 4.43. The second-order valence-corrected chi connectivity index (χ2v) is 6.00. The molecule has 0 aromatic carbocycles. The molecular weight excluding hydrogens is 222 g/mol. The summed E-state index contributed by atoms with van der Waals surface area (Å²) in [5.41, 5.74) is 0. The van der Waals surface area contributed by atoms with E-state index in [9.17, 15) is 0 Å². The standard InChI is InChI=1S/C15H33N3/c1-6-9-18(7-2)10-8-16-15-11-14(4)17(5)12-13(15)3/h13-16H,6-12H2,1-5H3. The van der Waals surface area contributed by atoms with Gasteiger partial charge in [-0.25, -0.2) is 0 Å². The molecule has 0 amide bonds. The molecule has 0 aromatic rings. The van der Waals surface area contributed by atoms with E-state index in [2.05, 4.69) is 49.9 Å². The fourth-order valence-corrected chi connectivity index (χ4v) is 2.98. The molecule has 1 fully saturated rings. The van der Waals surface area contributed by atoms with E-state index in [1.165, 1.54) is 39.0 Å². The zero-order valence-electron chi connectivity index (χ0n) is 13.1. The molecule has 108 valence electrons. The predicted molar refractivity (Wildman–Crippen MR) is 80.1 cm³/mol. The van der Waals surface area contributed by atoms with Crippen molar-refractivity contribution in [3.05, 3.63) is 0 Å². The molecule has 0 aliphatic carbocycles. The predicted octanol–water partition coefficient (Wildman–Crippen LogP) is 2.04. The van der Waals surface area contributed by atoms with E-state index in [1.54, 1.807) is 0 Å². The highest BCUT2D eigenvalue weighted by Crippen LogP contribution is 2.20. The van der Waals surface area contributed by atoms with Crippen LogP contribution in [0.4, 0.5) is 0 Å². The molecule has 1 aliphatic rings. The number of likely N-dealkylation sites (N-methyl/N-ethyl adjacent to an activating group) is 1. The molecule has 3 nitrogen and oxygen atoms in total. The lowest BCUT2D eigenvalue weighted by molar-refractivity contribution is 0.120. The molecule has 0 radical (unpaired) electrons. The molecule has 0 spiro atoms. The minimum atomic E-state index is 0.705. The van der Waals surface area contributed by atoms with Gasteiger partial charge in [-0.1, -0.05) is 20.8 Å². The van der Waals surface area contributed by atoms with E-state index in [0.717, 1.165) is 18.5 Å². The highest BCUT2D eigenvalue weighted by atomic mass is 15.2. The molecule has 0 saturated carbocycles. The third-order valence-corrected chi connectivity index (χ3v) is 4.43. The molecule has 1 saturated heterocycles. The Morgan fingerprint density at radius 3 is 2.56 bits per heavy atom. The number of hydrogen-bond donors (Lipinski definition) is 1. The van der Waals surface area contributed by atoms with Gasteiger partial charge in [-0.2, -0.15) is 0 Å². The summed E-state index contributed by atoms with van der Waals surface area (Å²) in [6.45, 7) is 15.2. The third kappa shape index (κ3) is 4.87. The van der Waals surface area contributed by atoms with Gasteiger partial charge in [0.25, 0.3) is 0 Å². The molecule has 3 heteroatoms. The van der Waals surface area contributed by atoms with Crippen molar-refractivity contribution in [2.75, 3.05) is 39.8 Å². The van der Waals surface area contributed by atoms with Gasteiger partial charge < -0.3 is 15.1 Å². The molecule has 3 atom stereocenters. The number of rotatable bonds is 7. The van der Waals surface area contributed by atoms with Crippen molar-refractivity contribution in [1.82, 2.24) is 15.1 Å². The van der Waals surface area contributed by atoms with Gasteiger partial charge in [0.05, 0.1) is 0 Å². The van der Waals surface area contributed by atoms with E-state index in [-0.39, 0.29) is 0 Å². The lowest BCUT2D eigenvalue weighted by Gasteiger charge is -2.40. The average Bonchev–Trinajstić information content (AvgIpc) is 2.34. The molecule has 0 aromatic heterocycles. The highest BCUT2D eigenvalue weighted by molar-refractivity contribution is 4.86. The van der Waals surface area contributed by atoms with Crippen LogP contribution < -0.4 is 5.32 Å². The van der Waals surface area contributed by atoms with Crippen LogP contribution in [0.3, 0.4) is 0 Å². The van der Waals surface area contributed by atoms with Crippen LogP contribution in [-0.4, -0.2) is 61.7 Å². The SMILES string of the molecule is CCCN(CC)CCNC1CC(C)N(C)CC1C. The van der Waals surface area contributed by atoms with Crippen molar-refractivity contribution in [3.8, 4) is 0 Å². The van der Waals surface area contributed by atoms with Crippen LogP contribution in [0.15, 0.2) is 0 Å². The topological polar surface area (TPSA) is 18.5 Å². The molecule has 0 bridgehead atoms. The number of piperidine rings is 1. The minimum Gasteiger partial charge on any atom is -0.312 e. The lowest BCUT2D eigenvalue weighted by Crippen LogP contribution is -2.52. The number of hydrogen-bond acceptors (Lipinski definition) is 3. The fourth-order valence-electron chi connectivity index (χ4n) is 2.98. The molecule has 1 rings (SSSR count). The number of nitrogens with one attached hydrogen (secondary N) is 1. The minimum absolute atomic E-state index is 0.705. The van der Waals surface area contributed by atoms with Crippen molar-refractivity contribution >= 4 is 0 Å². The van der Waals surface area contributed by atoms with Crippen LogP contribution in [0.1, 0.15) is 40.5 Å². The first-order valence-corrected chi connectivity index (χ1v) is 7.74. The molecule has 18 heavy (non-hydrogen) atoms. The lowest BCUT2D eigenvalue weighted by atomic mass is 9.90. The van der Waals surface area contributed by atoms with Gasteiger partial charge in [-0.15, -0.1) is 0 Å². The van der Waals surface area contributed by atoms with Crippen LogP contribution >= 0.6 is 0 Å². The maximum absolute atomic E-state index is 3.78. The van der Waals surface area contributed by atoms with E-state index >= 15 is 0 Å². The fraction of sp³-hybridized carbons (Fsp3) is 1.00. The molecule has 1 aliphatic heterocycles. The van der Waals surface area contributed by atoms with E-state index < -0.39 is 0 Å². The van der Waals surface area contributed by atoms with Crippen molar-refractivity contribution in [2.24, 2.45) is 5.92 Å². The van der Waals surface area contributed by atoms with Crippen molar-refractivity contribution in [3.63, 3.8) is 0 Å². The van der Waals surface area contributed by atoms with E-state index in [4.69, 9.17) is 0 Å². The normalized spacial score (nSPS) is 30.0. The summed E-state index contributed by atoms with van der Waals surface area (Å²) >= 11 is 0. The monoisotopic (exact) mass is 255 g/mol. The van der Waals surface area contributed by atoms with Crippen LogP contribution in [0, 0.1) is 5.92 Å². The Labute approximate surface area is 114 Å². The van der Waals surface area contributed by atoms with Gasteiger partial charge >= 0.3 is 0 Å². The van der Waals surface area contributed by atoms with Gasteiger partial charge in [0, 0.05) is 31.7 Å². The summed E-state index contributed by atoms with van der Waals surface area (Å²) in [4.78, 5) is 5.02. The second kappa shape index (κ2) is 8.13. The Morgan fingerprint density at radius 2 is 1.94 bits per heavy atom. The molecule has 1 heterocycles.